The van der Waals surface area contributed by atoms with E-state index >= 15 is 0 Å². The van der Waals surface area contributed by atoms with Crippen molar-refractivity contribution in [2.75, 3.05) is 38.1 Å². The molecule has 7 heteroatoms. The lowest BCUT2D eigenvalue weighted by Gasteiger charge is -2.22. The van der Waals surface area contributed by atoms with Crippen molar-refractivity contribution in [3.05, 3.63) is 54.2 Å². The highest BCUT2D eigenvalue weighted by atomic mass is 35.5. The van der Waals surface area contributed by atoms with Crippen molar-refractivity contribution in [3.63, 3.8) is 0 Å². The van der Waals surface area contributed by atoms with Crippen LogP contribution in [0.5, 0.6) is 0 Å². The average molecular weight is 423 g/mol. The van der Waals surface area contributed by atoms with Gasteiger partial charge in [0.1, 0.15) is 5.82 Å². The lowest BCUT2D eigenvalue weighted by Crippen LogP contribution is -2.32. The van der Waals surface area contributed by atoms with Gasteiger partial charge in [0.05, 0.1) is 5.56 Å². The number of carbonyl (C=O) groups is 1. The number of anilines is 2. The van der Waals surface area contributed by atoms with E-state index in [2.05, 4.69) is 10.3 Å². The van der Waals surface area contributed by atoms with E-state index in [1.54, 1.807) is 6.20 Å². The monoisotopic (exact) mass is 422 g/mol. The molecule has 2 atom stereocenters. The Kier molecular flexibility index (Phi) is 8.10. The summed E-state index contributed by atoms with van der Waals surface area (Å²) in [4.78, 5) is 21.4. The fourth-order valence-electron chi connectivity index (χ4n) is 4.10. The Morgan fingerprint density at radius 1 is 1.04 bits per heavy atom. The van der Waals surface area contributed by atoms with Crippen LogP contribution < -0.4 is 10.2 Å². The number of para-hydroxylation sites is 1. The van der Waals surface area contributed by atoms with Crippen LogP contribution in [0.2, 0.25) is 0 Å². The molecule has 0 bridgehead atoms. The Morgan fingerprint density at radius 3 is 2.25 bits per heavy atom. The summed E-state index contributed by atoms with van der Waals surface area (Å²) in [5, 5.41) is 3.48. The van der Waals surface area contributed by atoms with Crippen LogP contribution in [0.15, 0.2) is 48.7 Å². The number of fused-ring (bicyclic) bond motifs is 1. The molecule has 28 heavy (non-hydrogen) atoms. The summed E-state index contributed by atoms with van der Waals surface area (Å²) < 4.78 is 0. The number of hydrogen-bond donors (Lipinski definition) is 1. The first kappa shape index (κ1) is 22.5. The third-order valence-corrected chi connectivity index (χ3v) is 5.79. The van der Waals surface area contributed by atoms with Gasteiger partial charge in [0.25, 0.3) is 5.91 Å². The molecule has 1 N–H and O–H groups in total. The standard InChI is InChI=1S/C21H26N4O.2ClH/c1-24(19-5-3-2-4-6-19)20-8-7-18(15-23-20)21(26)25-11-9-16-13-22-14-17(16)10-12-25;;/h2-8,15-17,22H,9-14H2,1H3;2*1H/t16-,17+;;. The molecule has 3 heterocycles. The molecule has 2 aliphatic rings. The summed E-state index contributed by atoms with van der Waals surface area (Å²) in [6, 6.07) is 13.9. The summed E-state index contributed by atoms with van der Waals surface area (Å²) in [5.41, 5.74) is 1.76. The second kappa shape index (κ2) is 10.1. The summed E-state index contributed by atoms with van der Waals surface area (Å²) in [5.74, 6) is 2.41. The zero-order valence-electron chi connectivity index (χ0n) is 16.1. The zero-order chi connectivity index (χ0) is 17.9. The molecule has 0 spiro atoms. The van der Waals surface area contributed by atoms with Gasteiger partial charge in [0, 0.05) is 32.0 Å². The van der Waals surface area contributed by atoms with Crippen LogP contribution in [0.1, 0.15) is 23.2 Å². The maximum atomic E-state index is 12.9. The maximum absolute atomic E-state index is 12.9. The number of pyridine rings is 1. The molecule has 0 unspecified atom stereocenters. The zero-order valence-corrected chi connectivity index (χ0v) is 17.7. The third-order valence-electron chi connectivity index (χ3n) is 5.79. The van der Waals surface area contributed by atoms with Gasteiger partial charge < -0.3 is 15.1 Å². The molecule has 0 aliphatic carbocycles. The lowest BCUT2D eigenvalue weighted by atomic mass is 9.92. The van der Waals surface area contributed by atoms with Gasteiger partial charge in [-0.1, -0.05) is 18.2 Å². The Morgan fingerprint density at radius 2 is 1.68 bits per heavy atom. The Labute approximate surface area is 179 Å². The van der Waals surface area contributed by atoms with Gasteiger partial charge in [-0.3, -0.25) is 4.79 Å². The van der Waals surface area contributed by atoms with E-state index in [4.69, 9.17) is 0 Å². The first-order valence-electron chi connectivity index (χ1n) is 9.47. The minimum absolute atomic E-state index is 0. The SMILES string of the molecule is CN(c1ccccc1)c1ccc(C(=O)N2CC[C@@H]3CNC[C@@H]3CC2)cn1.Cl.Cl. The van der Waals surface area contributed by atoms with Crippen LogP contribution >= 0.6 is 24.8 Å². The lowest BCUT2D eigenvalue weighted by molar-refractivity contribution is 0.0758. The van der Waals surface area contributed by atoms with E-state index < -0.39 is 0 Å². The highest BCUT2D eigenvalue weighted by Gasteiger charge is 2.31. The number of nitrogens with one attached hydrogen (secondary N) is 1. The molecule has 0 saturated carbocycles. The number of amides is 1. The third kappa shape index (κ3) is 4.77. The van der Waals surface area contributed by atoms with E-state index in [0.717, 1.165) is 62.4 Å². The van der Waals surface area contributed by atoms with Gasteiger partial charge in [-0.05, 0) is 62.0 Å². The molecule has 1 aromatic heterocycles. The quantitative estimate of drug-likeness (QED) is 0.817. The molecule has 152 valence electrons. The number of carbonyl (C=O) groups excluding carboxylic acids is 1. The highest BCUT2D eigenvalue weighted by molar-refractivity contribution is 5.94. The van der Waals surface area contributed by atoms with Gasteiger partial charge in [0.15, 0.2) is 0 Å². The molecule has 2 aliphatic heterocycles. The molecular weight excluding hydrogens is 395 g/mol. The highest BCUT2D eigenvalue weighted by Crippen LogP contribution is 2.28. The molecular formula is C21H28Cl2N4O. The number of aromatic nitrogens is 1. The Bertz CT molecular complexity index is 743. The van der Waals surface area contributed by atoms with Crippen molar-refractivity contribution in [2.45, 2.75) is 12.8 Å². The second-order valence-electron chi connectivity index (χ2n) is 7.35. The molecule has 1 aromatic carbocycles. The van der Waals surface area contributed by atoms with Crippen LogP contribution in [0.3, 0.4) is 0 Å². The first-order chi connectivity index (χ1) is 12.7. The Hall–Kier alpha value is -1.82. The number of likely N-dealkylation sites (tertiary alicyclic amines) is 1. The fraction of sp³-hybridized carbons (Fsp3) is 0.429. The molecule has 5 nitrogen and oxygen atoms in total. The van der Waals surface area contributed by atoms with Crippen LogP contribution in [0.4, 0.5) is 11.5 Å². The van der Waals surface area contributed by atoms with Gasteiger partial charge in [-0.2, -0.15) is 0 Å². The van der Waals surface area contributed by atoms with Crippen LogP contribution in [0.25, 0.3) is 0 Å². The molecule has 1 amide bonds. The van der Waals surface area contributed by atoms with Crippen molar-refractivity contribution in [1.29, 1.82) is 0 Å². The van der Waals surface area contributed by atoms with Crippen molar-refractivity contribution < 1.29 is 4.79 Å². The van der Waals surface area contributed by atoms with E-state index in [1.807, 2.05) is 59.3 Å². The Balaban J connectivity index is 0.00000140. The predicted molar refractivity (Wildman–Crippen MR) is 118 cm³/mol. The summed E-state index contributed by atoms with van der Waals surface area (Å²) >= 11 is 0. The van der Waals surface area contributed by atoms with E-state index in [1.165, 1.54) is 0 Å². The number of nitrogens with zero attached hydrogens (tertiary/aromatic N) is 3. The van der Waals surface area contributed by atoms with E-state index in [0.29, 0.717) is 5.56 Å². The maximum Gasteiger partial charge on any atom is 0.255 e. The smallest absolute Gasteiger partial charge is 0.255 e. The van der Waals surface area contributed by atoms with Gasteiger partial charge in [-0.15, -0.1) is 24.8 Å². The van der Waals surface area contributed by atoms with Crippen LogP contribution in [0, 0.1) is 11.8 Å². The fourth-order valence-corrected chi connectivity index (χ4v) is 4.10. The van der Waals surface area contributed by atoms with Gasteiger partial charge in [0.2, 0.25) is 0 Å². The summed E-state index contributed by atoms with van der Waals surface area (Å²) in [7, 11) is 1.99. The minimum atomic E-state index is 0. The molecule has 2 fully saturated rings. The topological polar surface area (TPSA) is 48.5 Å². The van der Waals surface area contributed by atoms with Crippen molar-refractivity contribution in [1.82, 2.24) is 15.2 Å². The average Bonchev–Trinajstić information content (AvgIpc) is 3.06. The number of halogens is 2. The summed E-state index contributed by atoms with van der Waals surface area (Å²) in [6.07, 6.45) is 3.92. The van der Waals surface area contributed by atoms with Gasteiger partial charge in [-0.25, -0.2) is 4.98 Å². The predicted octanol–water partition coefficient (Wildman–Crippen LogP) is 3.76. The minimum Gasteiger partial charge on any atom is -0.339 e. The van der Waals surface area contributed by atoms with Crippen molar-refractivity contribution in [3.8, 4) is 0 Å². The number of rotatable bonds is 3. The number of hydrogen-bond acceptors (Lipinski definition) is 4. The van der Waals surface area contributed by atoms with Crippen molar-refractivity contribution in [2.24, 2.45) is 11.8 Å². The normalized spacial score (nSPS) is 21.0. The van der Waals surface area contributed by atoms with E-state index in [-0.39, 0.29) is 30.7 Å². The molecule has 4 rings (SSSR count). The summed E-state index contributed by atoms with van der Waals surface area (Å²) in [6.45, 7) is 3.92. The van der Waals surface area contributed by atoms with Gasteiger partial charge >= 0.3 is 0 Å². The van der Waals surface area contributed by atoms with E-state index in [9.17, 15) is 4.79 Å². The first-order valence-corrected chi connectivity index (χ1v) is 9.47. The van der Waals surface area contributed by atoms with Crippen LogP contribution in [-0.2, 0) is 0 Å². The number of benzene rings is 1. The molecule has 2 aromatic rings. The largest absolute Gasteiger partial charge is 0.339 e. The second-order valence-corrected chi connectivity index (χ2v) is 7.35. The van der Waals surface area contributed by atoms with Crippen molar-refractivity contribution >= 4 is 42.2 Å². The molecule has 2 saturated heterocycles. The van der Waals surface area contributed by atoms with Crippen LogP contribution in [-0.4, -0.2) is 49.0 Å². The molecule has 0 radical (unpaired) electrons.